The molecule has 0 saturated carbocycles. The number of nitrogens with two attached hydrogens (primary N) is 1. The third-order valence-corrected chi connectivity index (χ3v) is 3.64. The summed E-state index contributed by atoms with van der Waals surface area (Å²) < 4.78 is 0. The van der Waals surface area contributed by atoms with Crippen molar-refractivity contribution in [2.24, 2.45) is 11.7 Å². The lowest BCUT2D eigenvalue weighted by atomic mass is 10.0. The lowest BCUT2D eigenvalue weighted by Crippen LogP contribution is -2.39. The molecule has 0 radical (unpaired) electrons. The van der Waals surface area contributed by atoms with Gasteiger partial charge in [-0.25, -0.2) is 4.98 Å². The Balaban J connectivity index is 2.97. The van der Waals surface area contributed by atoms with E-state index >= 15 is 0 Å². The molecule has 1 amide bonds. The fraction of sp³-hybridized carbons (Fsp3) is 0.600. The van der Waals surface area contributed by atoms with Gasteiger partial charge in [-0.05, 0) is 45.5 Å². The minimum absolute atomic E-state index is 0.360. The van der Waals surface area contributed by atoms with E-state index in [4.69, 9.17) is 5.73 Å². The molecule has 1 aromatic heterocycles. The molecule has 0 aliphatic rings. The molecule has 1 atom stereocenters. The van der Waals surface area contributed by atoms with E-state index < -0.39 is 5.91 Å². The van der Waals surface area contributed by atoms with Gasteiger partial charge in [0.1, 0.15) is 5.82 Å². The van der Waals surface area contributed by atoms with Crippen LogP contribution in [0.1, 0.15) is 35.5 Å². The van der Waals surface area contributed by atoms with Gasteiger partial charge in [-0.15, -0.1) is 0 Å². The Morgan fingerprint density at radius 2 is 2.00 bits per heavy atom. The minimum atomic E-state index is -0.450. The molecule has 0 aliphatic heterocycles. The van der Waals surface area contributed by atoms with Crippen molar-refractivity contribution in [3.8, 4) is 0 Å². The van der Waals surface area contributed by atoms with Gasteiger partial charge in [0.25, 0.3) is 5.91 Å². The van der Waals surface area contributed by atoms with Crippen LogP contribution < -0.4 is 11.1 Å². The molecular formula is C15H26N4O. The largest absolute Gasteiger partial charge is 0.368 e. The summed E-state index contributed by atoms with van der Waals surface area (Å²) in [5.41, 5.74) is 7.76. The average molecular weight is 278 g/mol. The van der Waals surface area contributed by atoms with Crippen molar-refractivity contribution in [3.63, 3.8) is 0 Å². The zero-order chi connectivity index (χ0) is 15.4. The fourth-order valence-electron chi connectivity index (χ4n) is 2.24. The summed E-state index contributed by atoms with van der Waals surface area (Å²) in [6.45, 7) is 8.93. The number of aryl methyl sites for hydroxylation is 2. The molecule has 0 saturated heterocycles. The number of nitrogens with one attached hydrogen (secondary N) is 1. The number of carbonyl (C=O) groups is 1. The predicted molar refractivity (Wildman–Crippen MR) is 83.0 cm³/mol. The summed E-state index contributed by atoms with van der Waals surface area (Å²) in [5.74, 6) is 0.628. The molecule has 1 rings (SSSR count). The molecule has 1 heterocycles. The van der Waals surface area contributed by atoms with Crippen LogP contribution in [-0.2, 0) is 0 Å². The second kappa shape index (κ2) is 6.70. The lowest BCUT2D eigenvalue weighted by Gasteiger charge is -2.28. The van der Waals surface area contributed by atoms with Gasteiger partial charge in [0.05, 0.1) is 5.56 Å². The van der Waals surface area contributed by atoms with Crippen molar-refractivity contribution in [1.82, 2.24) is 9.88 Å². The highest BCUT2D eigenvalue weighted by Gasteiger charge is 2.18. The van der Waals surface area contributed by atoms with Gasteiger partial charge < -0.3 is 16.0 Å². The minimum Gasteiger partial charge on any atom is -0.368 e. The highest BCUT2D eigenvalue weighted by molar-refractivity contribution is 5.97. The van der Waals surface area contributed by atoms with E-state index in [2.05, 4.69) is 43.1 Å². The second-order valence-corrected chi connectivity index (χ2v) is 5.81. The van der Waals surface area contributed by atoms with Crippen molar-refractivity contribution >= 4 is 11.7 Å². The Morgan fingerprint density at radius 3 is 2.45 bits per heavy atom. The monoisotopic (exact) mass is 278 g/mol. The van der Waals surface area contributed by atoms with Crippen LogP contribution in [0.25, 0.3) is 0 Å². The van der Waals surface area contributed by atoms with Crippen molar-refractivity contribution < 1.29 is 4.79 Å². The average Bonchev–Trinajstić information content (AvgIpc) is 2.32. The van der Waals surface area contributed by atoms with Gasteiger partial charge in [0.15, 0.2) is 0 Å². The molecule has 0 aromatic carbocycles. The molecule has 20 heavy (non-hydrogen) atoms. The Morgan fingerprint density at radius 1 is 1.40 bits per heavy atom. The van der Waals surface area contributed by atoms with Gasteiger partial charge in [-0.1, -0.05) is 13.8 Å². The van der Waals surface area contributed by atoms with Gasteiger partial charge in [0.2, 0.25) is 0 Å². The number of rotatable bonds is 6. The van der Waals surface area contributed by atoms with E-state index in [-0.39, 0.29) is 0 Å². The van der Waals surface area contributed by atoms with Crippen LogP contribution in [0.4, 0.5) is 5.82 Å². The Kier molecular flexibility index (Phi) is 5.51. The first-order chi connectivity index (χ1) is 9.23. The van der Waals surface area contributed by atoms with Gasteiger partial charge in [-0.2, -0.15) is 0 Å². The summed E-state index contributed by atoms with van der Waals surface area (Å²) in [6, 6.07) is 2.16. The number of carbonyl (C=O) groups excluding carboxylic acids is 1. The van der Waals surface area contributed by atoms with Crippen molar-refractivity contribution in [1.29, 1.82) is 0 Å². The number of hydrogen-bond acceptors (Lipinski definition) is 4. The summed E-state index contributed by atoms with van der Waals surface area (Å²) in [6.07, 6.45) is 0. The molecule has 5 heteroatoms. The van der Waals surface area contributed by atoms with E-state index in [9.17, 15) is 4.79 Å². The Hall–Kier alpha value is -1.62. The first-order valence-electron chi connectivity index (χ1n) is 6.92. The number of amides is 1. The van der Waals surface area contributed by atoms with Crippen LogP contribution in [0.2, 0.25) is 0 Å². The maximum atomic E-state index is 11.5. The number of likely N-dealkylation sites (N-methyl/N-ethyl adjacent to an activating group) is 1. The lowest BCUT2D eigenvalue weighted by molar-refractivity contribution is 0.100. The summed E-state index contributed by atoms with van der Waals surface area (Å²) in [5, 5.41) is 3.27. The highest BCUT2D eigenvalue weighted by atomic mass is 16.1. The molecule has 0 aliphatic carbocycles. The van der Waals surface area contributed by atoms with E-state index in [1.165, 1.54) is 0 Å². The second-order valence-electron chi connectivity index (χ2n) is 5.81. The summed E-state index contributed by atoms with van der Waals surface area (Å²) in [4.78, 5) is 18.2. The number of pyridine rings is 1. The predicted octanol–water partition coefficient (Wildman–Crippen LogP) is 1.80. The number of nitrogens with zero attached hydrogens (tertiary/aromatic N) is 2. The molecular weight excluding hydrogens is 252 g/mol. The number of primary amides is 1. The van der Waals surface area contributed by atoms with Crippen LogP contribution >= 0.6 is 0 Å². The van der Waals surface area contributed by atoms with Crippen LogP contribution in [-0.4, -0.2) is 42.5 Å². The fourth-order valence-corrected chi connectivity index (χ4v) is 2.24. The molecule has 0 bridgehead atoms. The van der Waals surface area contributed by atoms with Gasteiger partial charge in [-0.3, -0.25) is 4.79 Å². The third-order valence-electron chi connectivity index (χ3n) is 3.64. The molecule has 0 unspecified atom stereocenters. The first-order valence-corrected chi connectivity index (χ1v) is 6.92. The quantitative estimate of drug-likeness (QED) is 0.832. The maximum Gasteiger partial charge on any atom is 0.252 e. The summed E-state index contributed by atoms with van der Waals surface area (Å²) >= 11 is 0. The van der Waals surface area contributed by atoms with Crippen molar-refractivity contribution in [2.75, 3.05) is 26.0 Å². The van der Waals surface area contributed by atoms with Crippen LogP contribution in [0.3, 0.4) is 0 Å². The zero-order valence-electron chi connectivity index (χ0n) is 13.3. The molecule has 1 aromatic rings. The number of anilines is 1. The van der Waals surface area contributed by atoms with Gasteiger partial charge >= 0.3 is 0 Å². The topological polar surface area (TPSA) is 71.2 Å². The Labute approximate surface area is 121 Å². The van der Waals surface area contributed by atoms with E-state index in [1.54, 1.807) is 6.07 Å². The molecule has 0 fully saturated rings. The molecule has 5 nitrogen and oxygen atoms in total. The van der Waals surface area contributed by atoms with Crippen molar-refractivity contribution in [2.45, 2.75) is 33.7 Å². The van der Waals surface area contributed by atoms with Crippen LogP contribution in [0, 0.1) is 19.8 Å². The highest BCUT2D eigenvalue weighted by Crippen LogP contribution is 2.17. The van der Waals surface area contributed by atoms with Crippen LogP contribution in [0.5, 0.6) is 0 Å². The maximum absolute atomic E-state index is 11.5. The molecule has 3 N–H and O–H groups in total. The van der Waals surface area contributed by atoms with Gasteiger partial charge in [0, 0.05) is 18.3 Å². The van der Waals surface area contributed by atoms with E-state index in [1.807, 2.05) is 13.8 Å². The zero-order valence-corrected chi connectivity index (χ0v) is 13.3. The SMILES string of the molecule is Cc1cc(C(N)=O)c(NC[C@H](C(C)C)N(C)C)nc1C. The standard InChI is InChI=1S/C15H26N4O/c1-9(2)13(19(5)6)8-17-15-12(14(16)20)7-10(3)11(4)18-15/h7,9,13H,8H2,1-6H3,(H2,16,20)(H,17,18)/t13-/m1/s1. The third kappa shape index (κ3) is 3.93. The normalized spacial score (nSPS) is 12.8. The Bertz CT molecular complexity index is 475. The first kappa shape index (κ1) is 16.4. The van der Waals surface area contributed by atoms with Crippen LogP contribution in [0.15, 0.2) is 6.07 Å². The van der Waals surface area contributed by atoms with E-state index in [0.717, 1.165) is 17.8 Å². The number of hydrogen-bond donors (Lipinski definition) is 2. The molecule has 0 spiro atoms. The number of aromatic nitrogens is 1. The smallest absolute Gasteiger partial charge is 0.252 e. The molecule has 112 valence electrons. The summed E-state index contributed by atoms with van der Waals surface area (Å²) in [7, 11) is 4.10. The van der Waals surface area contributed by atoms with Crippen molar-refractivity contribution in [3.05, 3.63) is 22.9 Å². The van der Waals surface area contributed by atoms with E-state index in [0.29, 0.717) is 23.3 Å².